The fourth-order valence-corrected chi connectivity index (χ4v) is 1.90. The Morgan fingerprint density at radius 2 is 2.10 bits per heavy atom. The Bertz CT molecular complexity index is 520. The van der Waals surface area contributed by atoms with Crippen LogP contribution in [0.3, 0.4) is 0 Å². The highest BCUT2D eigenvalue weighted by molar-refractivity contribution is 5.45. The number of nitrogens with zero attached hydrogens (tertiary/aromatic N) is 2. The summed E-state index contributed by atoms with van der Waals surface area (Å²) in [6.07, 6.45) is 3.86. The Labute approximate surface area is 118 Å². The van der Waals surface area contributed by atoms with Crippen LogP contribution in [-0.4, -0.2) is 34.5 Å². The van der Waals surface area contributed by atoms with Crippen LogP contribution < -0.4 is 5.32 Å². The van der Waals surface area contributed by atoms with Crippen LogP contribution in [0.2, 0.25) is 0 Å². The maximum Gasteiger partial charge on any atom is 0.134 e. The van der Waals surface area contributed by atoms with Gasteiger partial charge in [-0.05, 0) is 12.5 Å². The van der Waals surface area contributed by atoms with Gasteiger partial charge in [0.2, 0.25) is 0 Å². The molecule has 0 bridgehead atoms. The van der Waals surface area contributed by atoms with Gasteiger partial charge in [0, 0.05) is 18.2 Å². The van der Waals surface area contributed by atoms with E-state index in [1.54, 1.807) is 6.20 Å². The van der Waals surface area contributed by atoms with E-state index in [0.29, 0.717) is 6.61 Å². The Morgan fingerprint density at radius 3 is 2.85 bits per heavy atom. The van der Waals surface area contributed by atoms with Gasteiger partial charge in [-0.15, -0.1) is 0 Å². The molecule has 0 saturated heterocycles. The standard InChI is InChI=1S/C15H19N3O2/c1-12(20-8-7-19)18-15-14(10-16-11-17-15)9-13-5-3-2-4-6-13/h2-6,10-12,19H,7-9H2,1H3,(H,16,17,18). The minimum Gasteiger partial charge on any atom is -0.394 e. The summed E-state index contributed by atoms with van der Waals surface area (Å²) in [5.41, 5.74) is 2.22. The van der Waals surface area contributed by atoms with Gasteiger partial charge >= 0.3 is 0 Å². The summed E-state index contributed by atoms with van der Waals surface area (Å²) in [4.78, 5) is 8.34. The largest absolute Gasteiger partial charge is 0.394 e. The van der Waals surface area contributed by atoms with Crippen molar-refractivity contribution in [3.05, 3.63) is 54.0 Å². The quantitative estimate of drug-likeness (QED) is 0.753. The Morgan fingerprint density at radius 1 is 1.30 bits per heavy atom. The molecule has 1 aromatic carbocycles. The Balaban J connectivity index is 2.06. The molecule has 0 spiro atoms. The average molecular weight is 273 g/mol. The number of hydrogen-bond donors (Lipinski definition) is 2. The van der Waals surface area contributed by atoms with E-state index in [2.05, 4.69) is 27.4 Å². The minimum atomic E-state index is -0.216. The summed E-state index contributed by atoms with van der Waals surface area (Å²) in [6.45, 7) is 2.18. The van der Waals surface area contributed by atoms with Crippen LogP contribution in [0.5, 0.6) is 0 Å². The van der Waals surface area contributed by atoms with E-state index in [0.717, 1.165) is 17.8 Å². The monoisotopic (exact) mass is 273 g/mol. The summed E-state index contributed by atoms with van der Waals surface area (Å²) in [7, 11) is 0. The number of hydrogen-bond acceptors (Lipinski definition) is 5. The summed E-state index contributed by atoms with van der Waals surface area (Å²) in [5.74, 6) is 0.759. The van der Waals surface area contributed by atoms with Gasteiger partial charge in [-0.3, -0.25) is 0 Å². The summed E-state index contributed by atoms with van der Waals surface area (Å²) >= 11 is 0. The molecule has 0 aliphatic heterocycles. The first-order chi connectivity index (χ1) is 9.79. The molecule has 2 aromatic rings. The highest BCUT2D eigenvalue weighted by Crippen LogP contribution is 2.16. The number of nitrogens with one attached hydrogen (secondary N) is 1. The molecule has 2 rings (SSSR count). The lowest BCUT2D eigenvalue weighted by atomic mass is 10.1. The van der Waals surface area contributed by atoms with Crippen LogP contribution in [-0.2, 0) is 11.2 Å². The normalized spacial score (nSPS) is 12.1. The van der Waals surface area contributed by atoms with E-state index in [4.69, 9.17) is 9.84 Å². The fraction of sp³-hybridized carbons (Fsp3) is 0.333. The van der Waals surface area contributed by atoms with Crippen LogP contribution in [0.4, 0.5) is 5.82 Å². The molecule has 5 nitrogen and oxygen atoms in total. The third-order valence-corrected chi connectivity index (χ3v) is 2.82. The van der Waals surface area contributed by atoms with Crippen LogP contribution in [0.25, 0.3) is 0 Å². The number of aliphatic hydroxyl groups is 1. The average Bonchev–Trinajstić information content (AvgIpc) is 2.48. The van der Waals surface area contributed by atoms with E-state index in [-0.39, 0.29) is 12.8 Å². The van der Waals surface area contributed by atoms with Crippen molar-refractivity contribution in [3.8, 4) is 0 Å². The highest BCUT2D eigenvalue weighted by atomic mass is 16.5. The molecule has 0 amide bonds. The lowest BCUT2D eigenvalue weighted by Gasteiger charge is -2.17. The molecule has 0 radical (unpaired) electrons. The first kappa shape index (κ1) is 14.4. The van der Waals surface area contributed by atoms with Gasteiger partial charge in [0.1, 0.15) is 18.4 Å². The molecule has 5 heteroatoms. The second-order valence-corrected chi connectivity index (χ2v) is 4.44. The van der Waals surface area contributed by atoms with E-state index in [1.165, 1.54) is 11.9 Å². The molecule has 1 aromatic heterocycles. The zero-order valence-corrected chi connectivity index (χ0v) is 11.5. The van der Waals surface area contributed by atoms with Crippen LogP contribution in [0.15, 0.2) is 42.9 Å². The number of aliphatic hydroxyl groups excluding tert-OH is 1. The maximum absolute atomic E-state index is 8.75. The van der Waals surface area contributed by atoms with Gasteiger partial charge in [-0.1, -0.05) is 30.3 Å². The third kappa shape index (κ3) is 4.29. The van der Waals surface area contributed by atoms with Crippen LogP contribution in [0, 0.1) is 0 Å². The van der Waals surface area contributed by atoms with Gasteiger partial charge < -0.3 is 15.2 Å². The zero-order valence-electron chi connectivity index (χ0n) is 11.5. The van der Waals surface area contributed by atoms with E-state index >= 15 is 0 Å². The summed E-state index contributed by atoms with van der Waals surface area (Å²) < 4.78 is 5.38. The molecule has 0 aliphatic rings. The van der Waals surface area contributed by atoms with Crippen LogP contribution in [0.1, 0.15) is 18.1 Å². The van der Waals surface area contributed by atoms with Gasteiger partial charge in [0.15, 0.2) is 0 Å². The van der Waals surface area contributed by atoms with E-state index in [1.807, 2.05) is 25.1 Å². The molecule has 0 aliphatic carbocycles. The molecule has 106 valence electrons. The highest BCUT2D eigenvalue weighted by Gasteiger charge is 2.08. The van der Waals surface area contributed by atoms with Crippen LogP contribution >= 0.6 is 0 Å². The number of benzene rings is 1. The fourth-order valence-electron chi connectivity index (χ4n) is 1.90. The van der Waals surface area contributed by atoms with Crippen molar-refractivity contribution in [1.29, 1.82) is 0 Å². The molecule has 0 fully saturated rings. The first-order valence-electron chi connectivity index (χ1n) is 6.61. The van der Waals surface area contributed by atoms with Gasteiger partial charge in [-0.25, -0.2) is 9.97 Å². The summed E-state index contributed by atoms with van der Waals surface area (Å²) in [6, 6.07) is 10.2. The molecule has 1 unspecified atom stereocenters. The third-order valence-electron chi connectivity index (χ3n) is 2.82. The Hall–Kier alpha value is -1.98. The van der Waals surface area contributed by atoms with Crippen molar-refractivity contribution in [3.63, 3.8) is 0 Å². The van der Waals surface area contributed by atoms with Crippen molar-refractivity contribution in [2.24, 2.45) is 0 Å². The van der Waals surface area contributed by atoms with E-state index < -0.39 is 0 Å². The molecule has 1 heterocycles. The number of rotatable bonds is 7. The van der Waals surface area contributed by atoms with Crippen molar-refractivity contribution in [2.75, 3.05) is 18.5 Å². The molecule has 20 heavy (non-hydrogen) atoms. The SMILES string of the molecule is CC(Nc1ncncc1Cc1ccccc1)OCCO. The van der Waals surface area contributed by atoms with Gasteiger partial charge in [0.25, 0.3) is 0 Å². The number of ether oxygens (including phenoxy) is 1. The van der Waals surface area contributed by atoms with Crippen molar-refractivity contribution < 1.29 is 9.84 Å². The lowest BCUT2D eigenvalue weighted by Crippen LogP contribution is -2.22. The predicted molar refractivity (Wildman–Crippen MR) is 77.4 cm³/mol. The smallest absolute Gasteiger partial charge is 0.134 e. The predicted octanol–water partition coefficient (Wildman–Crippen LogP) is 1.83. The van der Waals surface area contributed by atoms with Crippen molar-refractivity contribution >= 4 is 5.82 Å². The summed E-state index contributed by atoms with van der Waals surface area (Å²) in [5, 5.41) is 11.9. The van der Waals surface area contributed by atoms with E-state index in [9.17, 15) is 0 Å². The van der Waals surface area contributed by atoms with Crippen molar-refractivity contribution in [2.45, 2.75) is 19.6 Å². The van der Waals surface area contributed by atoms with Gasteiger partial charge in [-0.2, -0.15) is 0 Å². The first-order valence-corrected chi connectivity index (χ1v) is 6.61. The molecule has 2 N–H and O–H groups in total. The second kappa shape index (κ2) is 7.57. The topological polar surface area (TPSA) is 67.3 Å². The molecular formula is C15H19N3O2. The zero-order chi connectivity index (χ0) is 14.2. The molecule has 0 saturated carbocycles. The minimum absolute atomic E-state index is 0.00661. The maximum atomic E-state index is 8.75. The Kier molecular flexibility index (Phi) is 5.46. The number of anilines is 1. The number of aromatic nitrogens is 2. The second-order valence-electron chi connectivity index (χ2n) is 4.44. The van der Waals surface area contributed by atoms with Gasteiger partial charge in [0.05, 0.1) is 13.2 Å². The molecule has 1 atom stereocenters. The molecular weight excluding hydrogens is 254 g/mol. The van der Waals surface area contributed by atoms with Crippen molar-refractivity contribution in [1.82, 2.24) is 9.97 Å². The lowest BCUT2D eigenvalue weighted by molar-refractivity contribution is 0.0539.